The molecule has 1 N–H and O–H groups in total. The number of hydrogen-bond acceptors (Lipinski definition) is 2. The molecule has 1 fully saturated rings. The molecule has 0 saturated carbocycles. The standard InChI is InChI=1S/C12H18BrN3O.ClH/c1-3-15-8-10(13)6-11(15)12(17)16-5-4-14-7-9(16)2;/h6,8-9,14H,3-5,7H2,1-2H3;1H. The van der Waals surface area contributed by atoms with E-state index in [1.165, 1.54) is 0 Å². The van der Waals surface area contributed by atoms with E-state index in [1.807, 2.05) is 28.7 Å². The van der Waals surface area contributed by atoms with E-state index in [4.69, 9.17) is 0 Å². The average Bonchev–Trinajstić information content (AvgIpc) is 2.70. The van der Waals surface area contributed by atoms with Crippen molar-refractivity contribution in [2.75, 3.05) is 19.6 Å². The molecule has 1 atom stereocenters. The maximum Gasteiger partial charge on any atom is 0.270 e. The van der Waals surface area contributed by atoms with Gasteiger partial charge in [-0.3, -0.25) is 4.79 Å². The van der Waals surface area contributed by atoms with Crippen molar-refractivity contribution in [2.24, 2.45) is 0 Å². The third-order valence-electron chi connectivity index (χ3n) is 3.19. The van der Waals surface area contributed by atoms with Gasteiger partial charge in [-0.2, -0.15) is 0 Å². The fourth-order valence-electron chi connectivity index (χ4n) is 2.21. The Morgan fingerprint density at radius 1 is 1.61 bits per heavy atom. The summed E-state index contributed by atoms with van der Waals surface area (Å²) >= 11 is 3.43. The molecule has 1 amide bonds. The molecule has 1 aliphatic heterocycles. The predicted octanol–water partition coefficient (Wildman–Crippen LogP) is 2.13. The molecule has 18 heavy (non-hydrogen) atoms. The summed E-state index contributed by atoms with van der Waals surface area (Å²) in [6, 6.07) is 2.16. The Labute approximate surface area is 122 Å². The van der Waals surface area contributed by atoms with Crippen LogP contribution < -0.4 is 5.32 Å². The van der Waals surface area contributed by atoms with E-state index in [9.17, 15) is 4.79 Å². The molecule has 2 rings (SSSR count). The number of hydrogen-bond donors (Lipinski definition) is 1. The van der Waals surface area contributed by atoms with Gasteiger partial charge in [0.25, 0.3) is 5.91 Å². The molecule has 4 nitrogen and oxygen atoms in total. The van der Waals surface area contributed by atoms with Gasteiger partial charge in [0.2, 0.25) is 0 Å². The zero-order chi connectivity index (χ0) is 12.4. The second-order valence-electron chi connectivity index (χ2n) is 4.38. The van der Waals surface area contributed by atoms with Crippen molar-refractivity contribution in [3.63, 3.8) is 0 Å². The van der Waals surface area contributed by atoms with Gasteiger partial charge in [-0.1, -0.05) is 0 Å². The molecule has 2 heterocycles. The Hall–Kier alpha value is -0.520. The van der Waals surface area contributed by atoms with Gasteiger partial charge < -0.3 is 14.8 Å². The lowest BCUT2D eigenvalue weighted by Crippen LogP contribution is -2.52. The number of nitrogens with zero attached hydrogens (tertiary/aromatic N) is 2. The zero-order valence-electron chi connectivity index (χ0n) is 10.6. The number of amides is 1. The molecular weight excluding hydrogens is 318 g/mol. The van der Waals surface area contributed by atoms with E-state index in [1.54, 1.807) is 0 Å². The molecule has 6 heteroatoms. The molecule has 0 radical (unpaired) electrons. The fourth-order valence-corrected chi connectivity index (χ4v) is 2.67. The summed E-state index contributed by atoms with van der Waals surface area (Å²) in [4.78, 5) is 14.4. The van der Waals surface area contributed by atoms with Crippen LogP contribution in [0.2, 0.25) is 0 Å². The van der Waals surface area contributed by atoms with Gasteiger partial charge in [0.15, 0.2) is 0 Å². The summed E-state index contributed by atoms with van der Waals surface area (Å²) in [6.45, 7) is 7.48. The van der Waals surface area contributed by atoms with Crippen molar-refractivity contribution in [2.45, 2.75) is 26.4 Å². The van der Waals surface area contributed by atoms with E-state index >= 15 is 0 Å². The van der Waals surface area contributed by atoms with Crippen LogP contribution in [0.4, 0.5) is 0 Å². The van der Waals surface area contributed by atoms with Crippen molar-refractivity contribution in [3.8, 4) is 0 Å². The Bertz CT molecular complexity index is 421. The van der Waals surface area contributed by atoms with E-state index in [0.717, 1.165) is 36.3 Å². The molecule has 0 bridgehead atoms. The maximum atomic E-state index is 12.5. The van der Waals surface area contributed by atoms with E-state index in [0.29, 0.717) is 0 Å². The number of carbonyl (C=O) groups excluding carboxylic acids is 1. The van der Waals surface area contributed by atoms with E-state index in [-0.39, 0.29) is 24.4 Å². The number of piperazine rings is 1. The monoisotopic (exact) mass is 335 g/mol. The molecule has 0 aliphatic carbocycles. The number of nitrogens with one attached hydrogen (secondary N) is 1. The molecule has 0 spiro atoms. The second kappa shape index (κ2) is 6.59. The minimum absolute atomic E-state index is 0. The fraction of sp³-hybridized carbons (Fsp3) is 0.583. The van der Waals surface area contributed by atoms with E-state index < -0.39 is 0 Å². The summed E-state index contributed by atoms with van der Waals surface area (Å²) in [5, 5.41) is 3.29. The lowest BCUT2D eigenvalue weighted by atomic mass is 10.2. The smallest absolute Gasteiger partial charge is 0.270 e. The lowest BCUT2D eigenvalue weighted by Gasteiger charge is -2.34. The van der Waals surface area contributed by atoms with Crippen molar-refractivity contribution in [1.29, 1.82) is 0 Å². The van der Waals surface area contributed by atoms with Crippen molar-refractivity contribution in [3.05, 3.63) is 22.4 Å². The summed E-state index contributed by atoms with van der Waals surface area (Å²) in [7, 11) is 0. The number of aromatic nitrogens is 1. The molecule has 1 aromatic heterocycles. The van der Waals surface area contributed by atoms with Crippen molar-refractivity contribution in [1.82, 2.24) is 14.8 Å². The van der Waals surface area contributed by atoms with Crippen LogP contribution in [0.15, 0.2) is 16.7 Å². The Kier molecular flexibility index (Phi) is 5.69. The van der Waals surface area contributed by atoms with Crippen LogP contribution in [-0.4, -0.2) is 41.1 Å². The van der Waals surface area contributed by atoms with Gasteiger partial charge >= 0.3 is 0 Å². The van der Waals surface area contributed by atoms with Crippen LogP contribution >= 0.6 is 28.3 Å². The highest BCUT2D eigenvalue weighted by molar-refractivity contribution is 9.10. The largest absolute Gasteiger partial charge is 0.343 e. The molecule has 1 aromatic rings. The first-order chi connectivity index (χ1) is 8.13. The summed E-state index contributed by atoms with van der Waals surface area (Å²) in [6.07, 6.45) is 1.96. The molecular formula is C12H19BrClN3O. The first-order valence-corrected chi connectivity index (χ1v) is 6.80. The maximum absolute atomic E-state index is 12.5. The zero-order valence-corrected chi connectivity index (χ0v) is 13.1. The van der Waals surface area contributed by atoms with Crippen molar-refractivity contribution < 1.29 is 4.79 Å². The third kappa shape index (κ3) is 3.08. The Morgan fingerprint density at radius 3 is 2.94 bits per heavy atom. The minimum Gasteiger partial charge on any atom is -0.343 e. The highest BCUT2D eigenvalue weighted by atomic mass is 79.9. The minimum atomic E-state index is 0. The summed E-state index contributed by atoms with van der Waals surface area (Å²) in [5.41, 5.74) is 0.771. The van der Waals surface area contributed by atoms with Crippen LogP contribution in [-0.2, 0) is 6.54 Å². The van der Waals surface area contributed by atoms with Gasteiger partial charge in [-0.15, -0.1) is 12.4 Å². The lowest BCUT2D eigenvalue weighted by molar-refractivity contribution is 0.0645. The number of halogens is 2. The Morgan fingerprint density at radius 2 is 2.33 bits per heavy atom. The van der Waals surface area contributed by atoms with Crippen molar-refractivity contribution >= 4 is 34.2 Å². The number of carbonyl (C=O) groups is 1. The van der Waals surface area contributed by atoms with Gasteiger partial charge in [0, 0.05) is 42.9 Å². The summed E-state index contributed by atoms with van der Waals surface area (Å²) < 4.78 is 2.95. The highest BCUT2D eigenvalue weighted by Gasteiger charge is 2.26. The number of aryl methyl sites for hydroxylation is 1. The van der Waals surface area contributed by atoms with E-state index in [2.05, 4.69) is 28.2 Å². The summed E-state index contributed by atoms with van der Waals surface area (Å²) in [5.74, 6) is 0.131. The normalized spacial score (nSPS) is 19.5. The molecule has 0 aromatic carbocycles. The van der Waals surface area contributed by atoms with Crippen LogP contribution in [0, 0.1) is 0 Å². The third-order valence-corrected chi connectivity index (χ3v) is 3.62. The van der Waals surface area contributed by atoms with Gasteiger partial charge in [-0.25, -0.2) is 0 Å². The van der Waals surface area contributed by atoms with Gasteiger partial charge in [0.1, 0.15) is 5.69 Å². The quantitative estimate of drug-likeness (QED) is 0.898. The molecule has 102 valence electrons. The highest BCUT2D eigenvalue weighted by Crippen LogP contribution is 2.18. The number of rotatable bonds is 2. The molecule has 1 unspecified atom stereocenters. The van der Waals surface area contributed by atoms with Crippen LogP contribution in [0.5, 0.6) is 0 Å². The van der Waals surface area contributed by atoms with Gasteiger partial charge in [-0.05, 0) is 35.8 Å². The second-order valence-corrected chi connectivity index (χ2v) is 5.30. The SMILES string of the molecule is CCn1cc(Br)cc1C(=O)N1CCNCC1C.Cl. The van der Waals surface area contributed by atoms with Crippen LogP contribution in [0.3, 0.4) is 0 Å². The first-order valence-electron chi connectivity index (χ1n) is 6.01. The average molecular weight is 337 g/mol. The first kappa shape index (κ1) is 15.5. The molecule has 1 aliphatic rings. The Balaban J connectivity index is 0.00000162. The van der Waals surface area contributed by atoms with Gasteiger partial charge in [0.05, 0.1) is 0 Å². The topological polar surface area (TPSA) is 37.3 Å². The molecule has 1 saturated heterocycles. The van der Waals surface area contributed by atoms with Crippen LogP contribution in [0.25, 0.3) is 0 Å². The van der Waals surface area contributed by atoms with Crippen LogP contribution in [0.1, 0.15) is 24.3 Å². The predicted molar refractivity (Wildman–Crippen MR) is 78.4 cm³/mol.